The third kappa shape index (κ3) is 8.56. The maximum absolute atomic E-state index is 13.5. The molecule has 11 nitrogen and oxygen atoms in total. The average molecular weight is 667 g/mol. The summed E-state index contributed by atoms with van der Waals surface area (Å²) in [5, 5.41) is 23.6. The largest absolute Gasteiger partial charge is 0.395 e. The molecule has 1 saturated carbocycles. The van der Waals surface area contributed by atoms with Crippen LogP contribution in [0.5, 0.6) is 0 Å². The smallest absolute Gasteiger partial charge is 0.271 e. The Kier molecular flexibility index (Phi) is 11.2. The Morgan fingerprint density at radius 1 is 0.957 bits per heavy atom. The van der Waals surface area contributed by atoms with E-state index in [4.69, 9.17) is 0 Å². The Hall–Kier alpha value is -3.68. The van der Waals surface area contributed by atoms with Gasteiger partial charge >= 0.3 is 0 Å². The number of thiazole rings is 2. The lowest BCUT2D eigenvalue weighted by molar-refractivity contribution is -0.139. The summed E-state index contributed by atoms with van der Waals surface area (Å²) >= 11 is 2.64. The van der Waals surface area contributed by atoms with Crippen molar-refractivity contribution in [2.75, 3.05) is 26.2 Å². The van der Waals surface area contributed by atoms with Gasteiger partial charge in [0.25, 0.3) is 11.8 Å². The summed E-state index contributed by atoms with van der Waals surface area (Å²) in [4.78, 5) is 63.9. The van der Waals surface area contributed by atoms with Gasteiger partial charge in [-0.3, -0.25) is 19.2 Å². The molecule has 13 heteroatoms. The number of nitrogens with one attached hydrogen (secondary N) is 3. The number of nitrogens with zero attached hydrogens (tertiary/aromatic N) is 3. The number of aliphatic hydroxyl groups excluding tert-OH is 1. The van der Waals surface area contributed by atoms with Crippen molar-refractivity contribution >= 4 is 46.3 Å². The molecule has 4 bridgehead atoms. The monoisotopic (exact) mass is 666 g/mol. The predicted octanol–water partition coefficient (Wildman–Crippen LogP) is 4.03. The van der Waals surface area contributed by atoms with Gasteiger partial charge < -0.3 is 26.0 Å². The molecule has 4 N–H and O–H groups in total. The highest BCUT2D eigenvalue weighted by atomic mass is 32.1. The molecule has 1 aromatic carbocycles. The summed E-state index contributed by atoms with van der Waals surface area (Å²) in [6.07, 6.45) is 3.61. The minimum atomic E-state index is -0.721. The molecule has 0 spiro atoms. The van der Waals surface area contributed by atoms with Crippen molar-refractivity contribution in [3.8, 4) is 0 Å². The average Bonchev–Trinajstić information content (AvgIpc) is 3.42. The van der Waals surface area contributed by atoms with Crippen molar-refractivity contribution in [3.05, 3.63) is 68.1 Å². The number of amides is 4. The Bertz CT molecular complexity index is 1520. The van der Waals surface area contributed by atoms with Crippen LogP contribution in [0.1, 0.15) is 101 Å². The second-order valence-corrected chi connectivity index (χ2v) is 14.3. The molecular weight excluding hydrogens is 625 g/mol. The summed E-state index contributed by atoms with van der Waals surface area (Å²) in [5.41, 5.74) is 0.807. The Morgan fingerprint density at radius 2 is 1.61 bits per heavy atom. The maximum Gasteiger partial charge on any atom is 0.271 e. The van der Waals surface area contributed by atoms with Crippen LogP contribution in [0.15, 0.2) is 41.1 Å². The highest BCUT2D eigenvalue weighted by molar-refractivity contribution is 7.10. The Labute approximate surface area is 277 Å². The number of aromatic nitrogens is 2. The summed E-state index contributed by atoms with van der Waals surface area (Å²) in [6, 6.07) is 8.91. The zero-order chi connectivity index (χ0) is 32.7. The molecule has 2 aromatic heterocycles. The molecule has 3 aromatic rings. The number of carbonyl (C=O) groups is 4. The quantitative estimate of drug-likeness (QED) is 0.310. The fourth-order valence-electron chi connectivity index (χ4n) is 5.58. The predicted molar refractivity (Wildman–Crippen MR) is 176 cm³/mol. The summed E-state index contributed by atoms with van der Waals surface area (Å²) < 4.78 is 0. The maximum atomic E-state index is 13.5. The van der Waals surface area contributed by atoms with Crippen molar-refractivity contribution in [2.24, 2.45) is 11.3 Å². The van der Waals surface area contributed by atoms with E-state index >= 15 is 0 Å². The molecule has 1 aliphatic carbocycles. The van der Waals surface area contributed by atoms with Crippen molar-refractivity contribution in [3.63, 3.8) is 0 Å². The van der Waals surface area contributed by atoms with Gasteiger partial charge in [-0.05, 0) is 50.0 Å². The number of hydrogen-bond acceptors (Lipinski definition) is 9. The molecule has 2 atom stereocenters. The van der Waals surface area contributed by atoms with Gasteiger partial charge in [-0.1, -0.05) is 44.2 Å². The van der Waals surface area contributed by atoms with E-state index in [0.717, 1.165) is 5.56 Å². The zero-order valence-corrected chi connectivity index (χ0v) is 27.9. The van der Waals surface area contributed by atoms with Gasteiger partial charge in [0.1, 0.15) is 21.4 Å². The second-order valence-electron chi connectivity index (χ2n) is 12.6. The number of hydrogen-bond donors (Lipinski definition) is 4. The Morgan fingerprint density at radius 3 is 2.26 bits per heavy atom. The van der Waals surface area contributed by atoms with Crippen LogP contribution < -0.4 is 16.0 Å². The molecule has 0 saturated heterocycles. The molecule has 46 heavy (non-hydrogen) atoms. The third-order valence-corrected chi connectivity index (χ3v) is 10.3. The Balaban J connectivity index is 1.40. The van der Waals surface area contributed by atoms with E-state index in [-0.39, 0.29) is 60.0 Å². The minimum absolute atomic E-state index is 0.0982. The summed E-state index contributed by atoms with van der Waals surface area (Å²) in [5.74, 6) is -0.664. The van der Waals surface area contributed by atoms with E-state index in [1.165, 1.54) is 22.7 Å². The van der Waals surface area contributed by atoms with Gasteiger partial charge in [0.15, 0.2) is 0 Å². The number of fused-ring (bicyclic) bond motifs is 4. The summed E-state index contributed by atoms with van der Waals surface area (Å²) in [7, 11) is 0. The van der Waals surface area contributed by atoms with E-state index in [2.05, 4.69) is 39.8 Å². The molecule has 0 radical (unpaired) electrons. The van der Waals surface area contributed by atoms with Crippen molar-refractivity contribution in [1.82, 2.24) is 30.8 Å². The van der Waals surface area contributed by atoms with Gasteiger partial charge in [0.05, 0.1) is 24.1 Å². The first-order valence-corrected chi connectivity index (χ1v) is 17.7. The SMILES string of the molecule is CC(C)C[C@@H]1NC(=O)CCCN(C(=O)C2(CO)CC2)CCCNC(=O)c2csc(n2)[C@H](Cc2ccccc2)NC(=O)c2csc1n2. The number of benzene rings is 1. The fourth-order valence-corrected chi connectivity index (χ4v) is 7.29. The minimum Gasteiger partial charge on any atom is -0.395 e. The topological polar surface area (TPSA) is 154 Å². The molecular formula is C33H42N6O5S2. The van der Waals surface area contributed by atoms with Crippen LogP contribution in [0.2, 0.25) is 0 Å². The molecule has 1 aliphatic heterocycles. The van der Waals surface area contributed by atoms with E-state index < -0.39 is 11.5 Å². The van der Waals surface area contributed by atoms with Crippen LogP contribution >= 0.6 is 22.7 Å². The van der Waals surface area contributed by atoms with E-state index in [9.17, 15) is 24.3 Å². The van der Waals surface area contributed by atoms with Crippen LogP contribution in [-0.2, 0) is 16.0 Å². The fraction of sp³-hybridized carbons (Fsp3) is 0.515. The molecule has 4 amide bonds. The van der Waals surface area contributed by atoms with Crippen molar-refractivity contribution < 1.29 is 24.3 Å². The molecule has 3 heterocycles. The molecule has 5 rings (SSSR count). The summed E-state index contributed by atoms with van der Waals surface area (Å²) in [6.45, 7) is 5.05. The highest BCUT2D eigenvalue weighted by Crippen LogP contribution is 2.46. The van der Waals surface area contributed by atoms with Crippen LogP contribution in [0.25, 0.3) is 0 Å². The molecule has 2 aliphatic rings. The first-order chi connectivity index (χ1) is 22.2. The van der Waals surface area contributed by atoms with Crippen LogP contribution in [0.3, 0.4) is 0 Å². The molecule has 0 unspecified atom stereocenters. The van der Waals surface area contributed by atoms with E-state index in [1.54, 1.807) is 15.7 Å². The first-order valence-electron chi connectivity index (χ1n) is 15.9. The highest BCUT2D eigenvalue weighted by Gasteiger charge is 2.51. The standard InChI is InChI=1S/C33H42N6O5S2/c1-21(2)16-23-30-38-26(19-46-30)29(43)36-24(17-22-8-4-3-5-9-22)31-37-25(18-45-31)28(42)34-13-7-15-39(14-6-10-27(41)35-23)32(44)33(20-40)11-12-33/h3-5,8-9,18-19,21,23-24,40H,6-7,10-17,20H2,1-2H3,(H,34,42)(H,35,41)(H,36,43)/t23-,24-/m0/s1. The number of rotatable bonds is 6. The second kappa shape index (κ2) is 15.3. The van der Waals surface area contributed by atoms with Gasteiger partial charge in [-0.2, -0.15) is 0 Å². The van der Waals surface area contributed by atoms with Gasteiger partial charge in [0, 0.05) is 36.8 Å². The van der Waals surface area contributed by atoms with Crippen molar-refractivity contribution in [1.29, 1.82) is 0 Å². The third-order valence-electron chi connectivity index (χ3n) is 8.36. The van der Waals surface area contributed by atoms with Gasteiger partial charge in [-0.15, -0.1) is 22.7 Å². The van der Waals surface area contributed by atoms with E-state index in [1.807, 2.05) is 30.3 Å². The number of aliphatic hydroxyl groups is 1. The van der Waals surface area contributed by atoms with Crippen LogP contribution in [0, 0.1) is 11.3 Å². The molecule has 246 valence electrons. The van der Waals surface area contributed by atoms with Crippen LogP contribution in [-0.4, -0.2) is 69.8 Å². The van der Waals surface area contributed by atoms with Crippen molar-refractivity contribution in [2.45, 2.75) is 70.9 Å². The van der Waals surface area contributed by atoms with Crippen LogP contribution in [0.4, 0.5) is 0 Å². The lowest BCUT2D eigenvalue weighted by Gasteiger charge is -2.27. The van der Waals surface area contributed by atoms with Gasteiger partial charge in [0.2, 0.25) is 11.8 Å². The lowest BCUT2D eigenvalue weighted by atomic mass is 10.0. The lowest BCUT2D eigenvalue weighted by Crippen LogP contribution is -2.41. The van der Waals surface area contributed by atoms with Gasteiger partial charge in [-0.25, -0.2) is 9.97 Å². The number of carbonyl (C=O) groups excluding carboxylic acids is 4. The normalized spacial score (nSPS) is 21.1. The zero-order valence-electron chi connectivity index (χ0n) is 26.3. The molecule has 1 fully saturated rings. The first kappa shape index (κ1) is 33.7. The van der Waals surface area contributed by atoms with E-state index in [0.29, 0.717) is 68.2 Å².